The van der Waals surface area contributed by atoms with Crippen LogP contribution in [0.4, 0.5) is 0 Å². The third-order valence-electron chi connectivity index (χ3n) is 3.91. The van der Waals surface area contributed by atoms with Crippen LogP contribution in [-0.2, 0) is 17.2 Å². The molecule has 19 heavy (non-hydrogen) atoms. The average molecular weight is 279 g/mol. The molecule has 1 aliphatic rings. The summed E-state index contributed by atoms with van der Waals surface area (Å²) in [6, 6.07) is 11.8. The van der Waals surface area contributed by atoms with Crippen molar-refractivity contribution >= 4 is 10.8 Å². The van der Waals surface area contributed by atoms with Crippen LogP contribution in [0.3, 0.4) is 0 Å². The standard InChI is InChI=1S/C16H25NOS/c1-13(12-19(2)18)17-16-9-8-15(11-16)10-14-6-4-3-5-7-14/h3-7,13,15-17H,8-12H2,1-2H3. The second-order valence-electron chi connectivity index (χ2n) is 5.87. The molecule has 0 aliphatic heterocycles. The predicted molar refractivity (Wildman–Crippen MR) is 82.8 cm³/mol. The van der Waals surface area contributed by atoms with Crippen LogP contribution >= 0.6 is 0 Å². The lowest BCUT2D eigenvalue weighted by Gasteiger charge is -2.18. The number of hydrogen-bond acceptors (Lipinski definition) is 2. The topological polar surface area (TPSA) is 29.1 Å². The van der Waals surface area contributed by atoms with E-state index in [1.54, 1.807) is 6.26 Å². The SMILES string of the molecule is CC(CS(C)=O)NC1CCC(Cc2ccccc2)C1. The van der Waals surface area contributed by atoms with Gasteiger partial charge in [-0.1, -0.05) is 30.3 Å². The molecule has 0 heterocycles. The van der Waals surface area contributed by atoms with Gasteiger partial charge >= 0.3 is 0 Å². The lowest BCUT2D eigenvalue weighted by Crippen LogP contribution is -2.38. The van der Waals surface area contributed by atoms with Gasteiger partial charge in [0.2, 0.25) is 0 Å². The Morgan fingerprint density at radius 3 is 2.74 bits per heavy atom. The van der Waals surface area contributed by atoms with Gasteiger partial charge in [-0.2, -0.15) is 0 Å². The van der Waals surface area contributed by atoms with E-state index < -0.39 is 10.8 Å². The van der Waals surface area contributed by atoms with Gasteiger partial charge in [0.25, 0.3) is 0 Å². The van der Waals surface area contributed by atoms with E-state index in [0.717, 1.165) is 11.7 Å². The Balaban J connectivity index is 1.75. The van der Waals surface area contributed by atoms with E-state index >= 15 is 0 Å². The first kappa shape index (κ1) is 14.7. The fourth-order valence-electron chi connectivity index (χ4n) is 3.16. The Morgan fingerprint density at radius 2 is 2.05 bits per heavy atom. The molecular weight excluding hydrogens is 254 g/mol. The lowest BCUT2D eigenvalue weighted by atomic mass is 9.98. The molecule has 1 aromatic carbocycles. The monoisotopic (exact) mass is 279 g/mol. The summed E-state index contributed by atoms with van der Waals surface area (Å²) in [4.78, 5) is 0. The first-order chi connectivity index (χ1) is 9.13. The molecule has 1 saturated carbocycles. The van der Waals surface area contributed by atoms with Crippen molar-refractivity contribution in [3.63, 3.8) is 0 Å². The third kappa shape index (κ3) is 5.07. The number of benzene rings is 1. The molecule has 0 aromatic heterocycles. The van der Waals surface area contributed by atoms with E-state index in [9.17, 15) is 4.21 Å². The Kier molecular flexibility index (Phi) is 5.59. The Bertz CT molecular complexity index is 406. The van der Waals surface area contributed by atoms with Gasteiger partial charge < -0.3 is 5.32 Å². The summed E-state index contributed by atoms with van der Waals surface area (Å²) in [5.41, 5.74) is 1.45. The average Bonchev–Trinajstić information content (AvgIpc) is 2.76. The van der Waals surface area contributed by atoms with Crippen LogP contribution in [0.2, 0.25) is 0 Å². The minimum Gasteiger partial charge on any atom is -0.311 e. The molecule has 3 heteroatoms. The number of hydrogen-bond donors (Lipinski definition) is 1. The highest BCUT2D eigenvalue weighted by atomic mass is 32.2. The largest absolute Gasteiger partial charge is 0.311 e. The van der Waals surface area contributed by atoms with Crippen molar-refractivity contribution in [3.05, 3.63) is 35.9 Å². The van der Waals surface area contributed by atoms with E-state index in [1.807, 2.05) is 0 Å². The maximum absolute atomic E-state index is 11.2. The number of rotatable bonds is 6. The zero-order chi connectivity index (χ0) is 13.7. The van der Waals surface area contributed by atoms with Crippen LogP contribution < -0.4 is 5.32 Å². The molecule has 1 aromatic rings. The maximum atomic E-state index is 11.2. The maximum Gasteiger partial charge on any atom is 0.0383 e. The molecule has 0 amide bonds. The summed E-state index contributed by atoms with van der Waals surface area (Å²) in [7, 11) is -0.698. The second-order valence-corrected chi connectivity index (χ2v) is 7.35. The van der Waals surface area contributed by atoms with Crippen LogP contribution in [0, 0.1) is 5.92 Å². The van der Waals surface area contributed by atoms with Gasteiger partial charge in [-0.25, -0.2) is 0 Å². The van der Waals surface area contributed by atoms with Crippen molar-refractivity contribution in [1.29, 1.82) is 0 Å². The normalized spacial score (nSPS) is 26.2. The molecule has 106 valence electrons. The molecule has 0 radical (unpaired) electrons. The molecule has 4 unspecified atom stereocenters. The Hall–Kier alpha value is -0.670. The molecule has 1 N–H and O–H groups in total. The smallest absolute Gasteiger partial charge is 0.0383 e. The highest BCUT2D eigenvalue weighted by molar-refractivity contribution is 7.84. The molecule has 0 bridgehead atoms. The minimum atomic E-state index is -0.698. The van der Waals surface area contributed by atoms with Crippen molar-refractivity contribution in [1.82, 2.24) is 5.32 Å². The summed E-state index contributed by atoms with van der Waals surface area (Å²) in [6.07, 6.45) is 6.82. The molecule has 2 nitrogen and oxygen atoms in total. The Labute approximate surface area is 119 Å². The van der Waals surface area contributed by atoms with Crippen molar-refractivity contribution in [2.45, 2.75) is 44.7 Å². The second kappa shape index (κ2) is 7.20. The quantitative estimate of drug-likeness (QED) is 0.867. The van der Waals surface area contributed by atoms with E-state index in [4.69, 9.17) is 0 Å². The summed E-state index contributed by atoms with van der Waals surface area (Å²) < 4.78 is 11.2. The molecule has 1 aliphatic carbocycles. The van der Waals surface area contributed by atoms with E-state index in [1.165, 1.54) is 31.2 Å². The van der Waals surface area contributed by atoms with Gasteiger partial charge in [0.15, 0.2) is 0 Å². The minimum absolute atomic E-state index is 0.367. The Morgan fingerprint density at radius 1 is 1.32 bits per heavy atom. The van der Waals surface area contributed by atoms with Crippen molar-refractivity contribution in [2.75, 3.05) is 12.0 Å². The van der Waals surface area contributed by atoms with Crippen molar-refractivity contribution in [3.8, 4) is 0 Å². The molecule has 0 spiro atoms. The van der Waals surface area contributed by atoms with Crippen LogP contribution in [0.1, 0.15) is 31.7 Å². The number of nitrogens with one attached hydrogen (secondary N) is 1. The van der Waals surface area contributed by atoms with Gasteiger partial charge in [-0.15, -0.1) is 0 Å². The zero-order valence-corrected chi connectivity index (χ0v) is 12.8. The van der Waals surface area contributed by atoms with Crippen molar-refractivity contribution < 1.29 is 4.21 Å². The highest BCUT2D eigenvalue weighted by Crippen LogP contribution is 2.28. The fraction of sp³-hybridized carbons (Fsp3) is 0.625. The summed E-state index contributed by atoms with van der Waals surface area (Å²) >= 11 is 0. The van der Waals surface area contributed by atoms with Gasteiger partial charge in [-0.3, -0.25) is 4.21 Å². The molecule has 2 rings (SSSR count). The summed E-state index contributed by atoms with van der Waals surface area (Å²) in [6.45, 7) is 2.14. The van der Waals surface area contributed by atoms with E-state index in [-0.39, 0.29) is 0 Å². The van der Waals surface area contributed by atoms with Crippen LogP contribution in [0.25, 0.3) is 0 Å². The molecular formula is C16H25NOS. The van der Waals surface area contributed by atoms with Crippen LogP contribution in [0.5, 0.6) is 0 Å². The van der Waals surface area contributed by atoms with Crippen molar-refractivity contribution in [2.24, 2.45) is 5.92 Å². The lowest BCUT2D eigenvalue weighted by molar-refractivity contribution is 0.450. The highest BCUT2D eigenvalue weighted by Gasteiger charge is 2.25. The molecule has 4 atom stereocenters. The van der Waals surface area contributed by atoms with Crippen LogP contribution in [0.15, 0.2) is 30.3 Å². The van der Waals surface area contributed by atoms with E-state index in [0.29, 0.717) is 12.1 Å². The first-order valence-corrected chi connectivity index (χ1v) is 8.96. The van der Waals surface area contributed by atoms with Gasteiger partial charge in [-0.05, 0) is 44.1 Å². The first-order valence-electron chi connectivity index (χ1n) is 7.23. The van der Waals surface area contributed by atoms with Gasteiger partial charge in [0.1, 0.15) is 0 Å². The molecule has 0 saturated heterocycles. The molecule has 1 fully saturated rings. The summed E-state index contributed by atoms with van der Waals surface area (Å²) in [5, 5.41) is 3.63. The van der Waals surface area contributed by atoms with Crippen LogP contribution in [-0.4, -0.2) is 28.3 Å². The summed E-state index contributed by atoms with van der Waals surface area (Å²) in [5.74, 6) is 1.57. The zero-order valence-electron chi connectivity index (χ0n) is 12.0. The predicted octanol–water partition coefficient (Wildman–Crippen LogP) is 2.75. The fourth-order valence-corrected chi connectivity index (χ4v) is 3.96. The van der Waals surface area contributed by atoms with Gasteiger partial charge in [0.05, 0.1) is 0 Å². The third-order valence-corrected chi connectivity index (χ3v) is 4.88. The van der Waals surface area contributed by atoms with Gasteiger partial charge in [0, 0.05) is 34.9 Å². The van der Waals surface area contributed by atoms with E-state index in [2.05, 4.69) is 42.6 Å².